The maximum atomic E-state index is 12.5. The summed E-state index contributed by atoms with van der Waals surface area (Å²) in [6, 6.07) is 7.86. The summed E-state index contributed by atoms with van der Waals surface area (Å²) in [5, 5.41) is 2.95. The highest BCUT2D eigenvalue weighted by Gasteiger charge is 2.40. The predicted octanol–water partition coefficient (Wildman–Crippen LogP) is 1.94. The molecule has 0 unspecified atom stereocenters. The lowest BCUT2D eigenvalue weighted by molar-refractivity contribution is -0.187. The minimum atomic E-state index is -0.455. The number of fused-ring (bicyclic) bond motifs is 1. The van der Waals surface area contributed by atoms with Gasteiger partial charge in [-0.25, -0.2) is 0 Å². The summed E-state index contributed by atoms with van der Waals surface area (Å²) in [5.41, 5.74) is 2.04. The molecule has 3 aliphatic rings. The van der Waals surface area contributed by atoms with Gasteiger partial charge in [-0.1, -0.05) is 18.2 Å². The fourth-order valence-corrected chi connectivity index (χ4v) is 3.98. The number of rotatable bonds is 3. The van der Waals surface area contributed by atoms with Crippen LogP contribution in [0.1, 0.15) is 31.2 Å². The molecule has 134 valence electrons. The Morgan fingerprint density at radius 3 is 2.68 bits per heavy atom. The number of para-hydroxylation sites is 1. The first-order chi connectivity index (χ1) is 12.2. The Balaban J connectivity index is 1.28. The van der Waals surface area contributed by atoms with Crippen LogP contribution in [0.3, 0.4) is 0 Å². The van der Waals surface area contributed by atoms with E-state index >= 15 is 0 Å². The number of hydrogen-bond acceptors (Lipinski definition) is 4. The smallest absolute Gasteiger partial charge is 0.227 e. The minimum Gasteiger partial charge on any atom is -0.347 e. The second-order valence-electron chi connectivity index (χ2n) is 7.07. The molecule has 1 aromatic rings. The molecule has 0 bridgehead atoms. The first-order valence-electron chi connectivity index (χ1n) is 9.10. The highest BCUT2D eigenvalue weighted by Crippen LogP contribution is 2.32. The number of carbonyl (C=O) groups is 2. The minimum absolute atomic E-state index is 0.0249. The van der Waals surface area contributed by atoms with Crippen molar-refractivity contribution >= 4 is 17.5 Å². The number of hydrogen-bond donors (Lipinski definition) is 1. The van der Waals surface area contributed by atoms with E-state index in [9.17, 15) is 9.59 Å². The van der Waals surface area contributed by atoms with Crippen molar-refractivity contribution in [1.82, 2.24) is 4.90 Å². The van der Waals surface area contributed by atoms with E-state index < -0.39 is 5.79 Å². The highest BCUT2D eigenvalue weighted by molar-refractivity contribution is 5.96. The van der Waals surface area contributed by atoms with Gasteiger partial charge < -0.3 is 19.7 Å². The Labute approximate surface area is 147 Å². The van der Waals surface area contributed by atoms with Crippen LogP contribution in [0.5, 0.6) is 0 Å². The lowest BCUT2D eigenvalue weighted by Crippen LogP contribution is -2.47. The van der Waals surface area contributed by atoms with E-state index in [-0.39, 0.29) is 17.7 Å². The molecule has 1 spiro atoms. The van der Waals surface area contributed by atoms with E-state index in [0.717, 1.165) is 24.1 Å². The summed E-state index contributed by atoms with van der Waals surface area (Å²) in [6.45, 7) is 2.62. The van der Waals surface area contributed by atoms with E-state index in [1.54, 1.807) is 0 Å². The lowest BCUT2D eigenvalue weighted by Gasteiger charge is -2.37. The molecular formula is C19H24N2O4. The summed E-state index contributed by atoms with van der Waals surface area (Å²) in [7, 11) is 0. The molecule has 1 aromatic carbocycles. The van der Waals surface area contributed by atoms with Crippen LogP contribution < -0.4 is 5.32 Å². The zero-order valence-corrected chi connectivity index (χ0v) is 14.3. The first kappa shape index (κ1) is 16.5. The van der Waals surface area contributed by atoms with Crippen molar-refractivity contribution < 1.29 is 19.1 Å². The quantitative estimate of drug-likeness (QED) is 0.910. The Morgan fingerprint density at radius 1 is 1.20 bits per heavy atom. The molecular weight excluding hydrogens is 320 g/mol. The van der Waals surface area contributed by atoms with Gasteiger partial charge in [0.2, 0.25) is 11.8 Å². The summed E-state index contributed by atoms with van der Waals surface area (Å²) < 4.78 is 11.4. The van der Waals surface area contributed by atoms with Gasteiger partial charge >= 0.3 is 0 Å². The van der Waals surface area contributed by atoms with Gasteiger partial charge in [0.15, 0.2) is 5.79 Å². The molecule has 3 heterocycles. The second kappa shape index (κ2) is 6.77. The average Bonchev–Trinajstić information content (AvgIpc) is 3.08. The molecule has 6 nitrogen and oxygen atoms in total. The zero-order valence-electron chi connectivity index (χ0n) is 14.3. The topological polar surface area (TPSA) is 67.9 Å². The van der Waals surface area contributed by atoms with Gasteiger partial charge in [-0.2, -0.15) is 0 Å². The maximum Gasteiger partial charge on any atom is 0.227 e. The molecule has 0 aliphatic carbocycles. The van der Waals surface area contributed by atoms with Crippen LogP contribution in [0.4, 0.5) is 5.69 Å². The molecule has 4 rings (SSSR count). The van der Waals surface area contributed by atoms with Gasteiger partial charge in [-0.3, -0.25) is 9.59 Å². The van der Waals surface area contributed by atoms with Gasteiger partial charge in [0.25, 0.3) is 0 Å². The van der Waals surface area contributed by atoms with Gasteiger partial charge in [-0.05, 0) is 24.5 Å². The molecule has 2 amide bonds. The van der Waals surface area contributed by atoms with Crippen LogP contribution in [0.25, 0.3) is 0 Å². The SMILES string of the molecule is O=C1Nc2ccccc2C[C@H]1CCC(=O)N1CCC2(CC1)OCCO2. The van der Waals surface area contributed by atoms with Crippen LogP contribution >= 0.6 is 0 Å². The standard InChI is InChI=1S/C19H24N2O4/c22-17(21-9-7-19(8-10-21)24-11-12-25-19)6-5-15-13-14-3-1-2-4-16(14)20-18(15)23/h1-4,15H,5-13H2,(H,20,23)/t15-/m1/s1. The number of carbonyl (C=O) groups excluding carboxylic acids is 2. The maximum absolute atomic E-state index is 12.5. The molecule has 1 atom stereocenters. The predicted molar refractivity (Wildman–Crippen MR) is 91.9 cm³/mol. The normalized spacial score (nSPS) is 24.9. The molecule has 3 aliphatic heterocycles. The third kappa shape index (κ3) is 3.41. The molecule has 0 aromatic heterocycles. The number of nitrogens with zero attached hydrogens (tertiary/aromatic N) is 1. The Bertz CT molecular complexity index is 659. The number of amides is 2. The number of nitrogens with one attached hydrogen (secondary N) is 1. The Hall–Kier alpha value is -1.92. The van der Waals surface area contributed by atoms with Crippen molar-refractivity contribution in [3.05, 3.63) is 29.8 Å². The van der Waals surface area contributed by atoms with Crippen LogP contribution in [-0.4, -0.2) is 48.8 Å². The second-order valence-corrected chi connectivity index (χ2v) is 7.07. The number of benzene rings is 1. The molecule has 0 saturated carbocycles. The van der Waals surface area contributed by atoms with Gasteiger partial charge in [0, 0.05) is 44.0 Å². The van der Waals surface area contributed by atoms with Gasteiger partial charge in [-0.15, -0.1) is 0 Å². The van der Waals surface area contributed by atoms with Gasteiger partial charge in [0.05, 0.1) is 13.2 Å². The van der Waals surface area contributed by atoms with E-state index in [1.807, 2.05) is 29.2 Å². The number of ether oxygens (including phenoxy) is 2. The molecule has 2 saturated heterocycles. The summed E-state index contributed by atoms with van der Waals surface area (Å²) in [6.07, 6.45) is 3.18. The van der Waals surface area contributed by atoms with Crippen LogP contribution in [0.15, 0.2) is 24.3 Å². The van der Waals surface area contributed by atoms with E-state index in [4.69, 9.17) is 9.47 Å². The number of anilines is 1. The average molecular weight is 344 g/mol. The van der Waals surface area contributed by atoms with Crippen molar-refractivity contribution in [3.8, 4) is 0 Å². The lowest BCUT2D eigenvalue weighted by atomic mass is 9.89. The Kier molecular flexibility index (Phi) is 4.48. The number of likely N-dealkylation sites (tertiary alicyclic amines) is 1. The third-order valence-electron chi connectivity index (χ3n) is 5.51. The molecule has 2 fully saturated rings. The van der Waals surface area contributed by atoms with Crippen LogP contribution in [-0.2, 0) is 25.5 Å². The van der Waals surface area contributed by atoms with Crippen LogP contribution in [0.2, 0.25) is 0 Å². The molecule has 6 heteroatoms. The fourth-order valence-electron chi connectivity index (χ4n) is 3.98. The third-order valence-corrected chi connectivity index (χ3v) is 5.51. The molecule has 25 heavy (non-hydrogen) atoms. The zero-order chi connectivity index (χ0) is 17.3. The van der Waals surface area contributed by atoms with E-state index in [0.29, 0.717) is 45.6 Å². The van der Waals surface area contributed by atoms with E-state index in [2.05, 4.69) is 5.32 Å². The van der Waals surface area contributed by atoms with Crippen LogP contribution in [0, 0.1) is 5.92 Å². The van der Waals surface area contributed by atoms with E-state index in [1.165, 1.54) is 0 Å². The summed E-state index contributed by atoms with van der Waals surface area (Å²) in [4.78, 5) is 26.6. The van der Waals surface area contributed by atoms with Crippen molar-refractivity contribution in [2.24, 2.45) is 5.92 Å². The van der Waals surface area contributed by atoms with Gasteiger partial charge in [0.1, 0.15) is 0 Å². The van der Waals surface area contributed by atoms with Crippen molar-refractivity contribution in [3.63, 3.8) is 0 Å². The Morgan fingerprint density at radius 2 is 1.92 bits per heavy atom. The summed E-state index contributed by atoms with van der Waals surface area (Å²) >= 11 is 0. The summed E-state index contributed by atoms with van der Waals surface area (Å²) in [5.74, 6) is -0.433. The first-order valence-corrected chi connectivity index (χ1v) is 9.10. The molecule has 1 N–H and O–H groups in total. The van der Waals surface area contributed by atoms with Crippen molar-refractivity contribution in [2.45, 2.75) is 37.9 Å². The monoisotopic (exact) mass is 344 g/mol. The fraction of sp³-hybridized carbons (Fsp3) is 0.579. The molecule has 0 radical (unpaired) electrons. The largest absolute Gasteiger partial charge is 0.347 e. The number of piperidine rings is 1. The van der Waals surface area contributed by atoms with Crippen molar-refractivity contribution in [1.29, 1.82) is 0 Å². The highest BCUT2D eigenvalue weighted by atomic mass is 16.7. The van der Waals surface area contributed by atoms with Crippen molar-refractivity contribution in [2.75, 3.05) is 31.6 Å².